The molecule has 3 aromatic rings. The molecule has 2 aliphatic rings. The van der Waals surface area contributed by atoms with E-state index in [1.165, 1.54) is 0 Å². The lowest BCUT2D eigenvalue weighted by Gasteiger charge is -2.33. The fraction of sp³-hybridized carbons (Fsp3) is 0.214. The van der Waals surface area contributed by atoms with Gasteiger partial charge < -0.3 is 14.3 Å². The maximum Gasteiger partial charge on any atom is 0.218 e. The van der Waals surface area contributed by atoms with Crippen LogP contribution >= 0.6 is 11.6 Å². The van der Waals surface area contributed by atoms with Crippen LogP contribution in [0.25, 0.3) is 5.88 Å². The summed E-state index contributed by atoms with van der Waals surface area (Å²) in [4.78, 5) is 5.77. The zero-order chi connectivity index (χ0) is 24.2. The first-order chi connectivity index (χ1) is 17.2. The molecular weight excluding hydrogens is 462 g/mol. The van der Waals surface area contributed by atoms with E-state index in [1.807, 2.05) is 77.6 Å². The molecule has 1 aliphatic carbocycles. The smallest absolute Gasteiger partial charge is 0.218 e. The second-order valence-electron chi connectivity index (χ2n) is 8.36. The SMILES string of the molecule is COc1ccc(C2C(C#N)=C(n3cccc3)OC3=C2/C(=N/OCc2ccc(Cl)cc2)CCC3)cc1. The molecule has 176 valence electrons. The molecule has 2 aromatic carbocycles. The van der Waals surface area contributed by atoms with E-state index in [2.05, 4.69) is 11.2 Å². The molecule has 0 radical (unpaired) electrons. The van der Waals surface area contributed by atoms with Gasteiger partial charge in [0.2, 0.25) is 5.88 Å². The Morgan fingerprint density at radius 3 is 2.51 bits per heavy atom. The number of halogens is 1. The zero-order valence-corrected chi connectivity index (χ0v) is 20.0. The van der Waals surface area contributed by atoms with Crippen LogP contribution in [0.1, 0.15) is 36.3 Å². The molecule has 0 bridgehead atoms. The minimum Gasteiger partial charge on any atom is -0.497 e. The Labute approximate surface area is 209 Å². The molecule has 35 heavy (non-hydrogen) atoms. The molecule has 0 spiro atoms. The van der Waals surface area contributed by atoms with Gasteiger partial charge >= 0.3 is 0 Å². The summed E-state index contributed by atoms with van der Waals surface area (Å²) in [5, 5.41) is 15.5. The predicted octanol–water partition coefficient (Wildman–Crippen LogP) is 6.67. The third-order valence-electron chi connectivity index (χ3n) is 6.18. The van der Waals surface area contributed by atoms with Crippen molar-refractivity contribution in [2.24, 2.45) is 5.16 Å². The van der Waals surface area contributed by atoms with Gasteiger partial charge in [-0.3, -0.25) is 4.57 Å². The first-order valence-electron chi connectivity index (χ1n) is 11.4. The summed E-state index contributed by atoms with van der Waals surface area (Å²) >= 11 is 5.98. The summed E-state index contributed by atoms with van der Waals surface area (Å²) in [6, 6.07) is 21.5. The van der Waals surface area contributed by atoms with Gasteiger partial charge in [-0.15, -0.1) is 0 Å². The number of aromatic nitrogens is 1. The van der Waals surface area contributed by atoms with Gasteiger partial charge in [0.05, 0.1) is 18.7 Å². The number of benzene rings is 2. The maximum absolute atomic E-state index is 10.3. The van der Waals surface area contributed by atoms with Crippen molar-refractivity contribution in [2.75, 3.05) is 7.11 Å². The van der Waals surface area contributed by atoms with Crippen molar-refractivity contribution in [3.8, 4) is 11.8 Å². The van der Waals surface area contributed by atoms with Crippen LogP contribution in [0.5, 0.6) is 5.75 Å². The van der Waals surface area contributed by atoms with Gasteiger partial charge in [-0.05, 0) is 60.4 Å². The lowest BCUT2D eigenvalue weighted by Crippen LogP contribution is -2.26. The Bertz CT molecular complexity index is 1330. The topological polar surface area (TPSA) is 68.8 Å². The molecule has 1 aromatic heterocycles. The zero-order valence-electron chi connectivity index (χ0n) is 19.3. The molecule has 1 aliphatic heterocycles. The Kier molecular flexibility index (Phi) is 6.60. The highest BCUT2D eigenvalue weighted by Crippen LogP contribution is 2.46. The molecule has 5 rings (SSSR count). The van der Waals surface area contributed by atoms with Crippen LogP contribution in [0.4, 0.5) is 0 Å². The van der Waals surface area contributed by atoms with Gasteiger partial charge in [0, 0.05) is 29.4 Å². The van der Waals surface area contributed by atoms with Crippen molar-refractivity contribution >= 4 is 23.2 Å². The largest absolute Gasteiger partial charge is 0.497 e. The molecule has 0 amide bonds. The summed E-state index contributed by atoms with van der Waals surface area (Å²) in [5.74, 6) is 1.78. The van der Waals surface area contributed by atoms with Gasteiger partial charge in [-0.2, -0.15) is 5.26 Å². The van der Waals surface area contributed by atoms with E-state index in [0.29, 0.717) is 23.1 Å². The highest BCUT2D eigenvalue weighted by molar-refractivity contribution is 6.30. The lowest BCUT2D eigenvalue weighted by atomic mass is 9.77. The fourth-order valence-electron chi connectivity index (χ4n) is 4.48. The summed E-state index contributed by atoms with van der Waals surface area (Å²) in [6.07, 6.45) is 6.17. The van der Waals surface area contributed by atoms with Gasteiger partial charge in [-0.25, -0.2) is 0 Å². The van der Waals surface area contributed by atoms with Crippen molar-refractivity contribution in [3.63, 3.8) is 0 Å². The van der Waals surface area contributed by atoms with E-state index >= 15 is 0 Å². The molecule has 1 atom stereocenters. The van der Waals surface area contributed by atoms with Crippen molar-refractivity contribution in [1.29, 1.82) is 5.26 Å². The summed E-state index contributed by atoms with van der Waals surface area (Å²) < 4.78 is 13.6. The van der Waals surface area contributed by atoms with E-state index < -0.39 is 0 Å². The second-order valence-corrected chi connectivity index (χ2v) is 8.79. The molecule has 0 saturated heterocycles. The molecule has 1 unspecified atom stereocenters. The van der Waals surface area contributed by atoms with Crippen molar-refractivity contribution in [1.82, 2.24) is 4.57 Å². The number of ether oxygens (including phenoxy) is 2. The normalized spacial score (nSPS) is 18.7. The fourth-order valence-corrected chi connectivity index (χ4v) is 4.61. The van der Waals surface area contributed by atoms with Crippen LogP contribution in [-0.4, -0.2) is 17.4 Å². The van der Waals surface area contributed by atoms with Crippen LogP contribution < -0.4 is 4.74 Å². The molecule has 0 fully saturated rings. The number of rotatable bonds is 6. The van der Waals surface area contributed by atoms with Gasteiger partial charge in [0.25, 0.3) is 0 Å². The number of methoxy groups -OCH3 is 1. The molecule has 0 N–H and O–H groups in total. The van der Waals surface area contributed by atoms with E-state index in [1.54, 1.807) is 7.11 Å². The second kappa shape index (κ2) is 10.1. The first-order valence-corrected chi connectivity index (χ1v) is 11.8. The highest BCUT2D eigenvalue weighted by atomic mass is 35.5. The van der Waals surface area contributed by atoms with Crippen molar-refractivity contribution < 1.29 is 14.3 Å². The average Bonchev–Trinajstić information content (AvgIpc) is 3.44. The van der Waals surface area contributed by atoms with Gasteiger partial charge in [0.1, 0.15) is 29.8 Å². The number of hydrogen-bond donors (Lipinski definition) is 0. The van der Waals surface area contributed by atoms with Crippen LogP contribution in [0, 0.1) is 11.3 Å². The number of hydrogen-bond acceptors (Lipinski definition) is 5. The summed E-state index contributed by atoms with van der Waals surface area (Å²) in [5.41, 5.74) is 4.18. The Morgan fingerprint density at radius 1 is 1.09 bits per heavy atom. The van der Waals surface area contributed by atoms with Crippen LogP contribution in [0.15, 0.2) is 95.1 Å². The third-order valence-corrected chi connectivity index (χ3v) is 6.44. The van der Waals surface area contributed by atoms with Gasteiger partial charge in [0.15, 0.2) is 0 Å². The maximum atomic E-state index is 10.3. The number of nitriles is 1. The first kappa shape index (κ1) is 22.8. The molecule has 2 heterocycles. The van der Waals surface area contributed by atoms with Gasteiger partial charge in [-0.1, -0.05) is 41.0 Å². The molecule has 6 nitrogen and oxygen atoms in total. The summed E-state index contributed by atoms with van der Waals surface area (Å²) in [7, 11) is 1.64. The van der Waals surface area contributed by atoms with E-state index in [4.69, 9.17) is 25.9 Å². The quantitative estimate of drug-likeness (QED) is 0.366. The molecular formula is C28H24ClN3O3. The minimum atomic E-state index is -0.328. The lowest BCUT2D eigenvalue weighted by molar-refractivity contribution is 0.129. The molecule has 7 heteroatoms. The van der Waals surface area contributed by atoms with E-state index in [0.717, 1.165) is 53.2 Å². The van der Waals surface area contributed by atoms with Crippen LogP contribution in [0.3, 0.4) is 0 Å². The standard InChI is InChI=1S/C28H24ClN3O3/c1-33-22-13-9-20(10-14-22)26-23(17-30)28(32-15-2-3-16-32)35-25-6-4-5-24(27(25)26)31-34-18-19-7-11-21(29)12-8-19/h2-3,7-16,26H,4-6,18H2,1H3/b31-24+. The van der Waals surface area contributed by atoms with Crippen molar-refractivity contribution in [2.45, 2.75) is 31.8 Å². The van der Waals surface area contributed by atoms with E-state index in [9.17, 15) is 5.26 Å². The Balaban J connectivity index is 1.55. The Hall–Kier alpha value is -3.95. The monoisotopic (exact) mass is 485 g/mol. The van der Waals surface area contributed by atoms with Crippen LogP contribution in [-0.2, 0) is 16.2 Å². The number of allylic oxidation sites excluding steroid dienone is 3. The average molecular weight is 486 g/mol. The summed E-state index contributed by atoms with van der Waals surface area (Å²) in [6.45, 7) is 0.326. The predicted molar refractivity (Wildman–Crippen MR) is 135 cm³/mol. The Morgan fingerprint density at radius 2 is 1.83 bits per heavy atom. The van der Waals surface area contributed by atoms with E-state index in [-0.39, 0.29) is 5.92 Å². The number of oxime groups is 1. The molecule has 0 saturated carbocycles. The highest BCUT2D eigenvalue weighted by Gasteiger charge is 2.38. The third kappa shape index (κ3) is 4.68. The minimum absolute atomic E-state index is 0.326. The van der Waals surface area contributed by atoms with Crippen molar-refractivity contribution in [3.05, 3.63) is 106 Å². The number of nitrogens with zero attached hydrogens (tertiary/aromatic N) is 3. The van der Waals surface area contributed by atoms with Crippen LogP contribution in [0.2, 0.25) is 5.02 Å².